The van der Waals surface area contributed by atoms with Gasteiger partial charge in [-0.3, -0.25) is 4.79 Å². The van der Waals surface area contributed by atoms with Crippen molar-refractivity contribution in [1.29, 1.82) is 0 Å². The van der Waals surface area contributed by atoms with Crippen LogP contribution < -0.4 is 0 Å². The molecule has 1 atom stereocenters. The predicted molar refractivity (Wildman–Crippen MR) is 66.4 cm³/mol. The van der Waals surface area contributed by atoms with Crippen molar-refractivity contribution in [2.45, 2.75) is 71.1 Å². The summed E-state index contributed by atoms with van der Waals surface area (Å²) in [6.45, 7) is 6.30. The summed E-state index contributed by atoms with van der Waals surface area (Å²) in [6.07, 6.45) is 5.31. The molecule has 1 saturated heterocycles. The summed E-state index contributed by atoms with van der Waals surface area (Å²) in [4.78, 5) is 11.7. The average Bonchev–Trinajstić information content (AvgIpc) is 2.63. The van der Waals surface area contributed by atoms with Crippen molar-refractivity contribution < 1.29 is 13.6 Å². The lowest BCUT2D eigenvalue weighted by Gasteiger charge is -2.19. The highest BCUT2D eigenvalue weighted by Gasteiger charge is 2.48. The molecule has 3 nitrogen and oxygen atoms in total. The van der Waals surface area contributed by atoms with Crippen molar-refractivity contribution in [3.63, 3.8) is 0 Å². The van der Waals surface area contributed by atoms with Crippen molar-refractivity contribution in [2.75, 3.05) is 0 Å². The zero-order valence-electron chi connectivity index (χ0n) is 10.8. The van der Waals surface area contributed by atoms with E-state index in [0.717, 1.165) is 24.9 Å². The maximum Gasteiger partial charge on any atom is 0.401 e. The molecule has 1 heterocycles. The van der Waals surface area contributed by atoms with Gasteiger partial charge in [0.2, 0.25) is 0 Å². The number of carbonyl (C=O) groups excluding carboxylic acids is 1. The summed E-state index contributed by atoms with van der Waals surface area (Å²) >= 11 is 0. The third kappa shape index (κ3) is 3.32. The molecule has 0 bridgehead atoms. The minimum Gasteiger partial charge on any atom is -0.492 e. The molecule has 4 heteroatoms. The average molecular weight is 244 g/mol. The van der Waals surface area contributed by atoms with Gasteiger partial charge in [-0.25, -0.2) is 0 Å². The summed E-state index contributed by atoms with van der Waals surface area (Å²) < 4.78 is 11.4. The topological polar surface area (TPSA) is 35.5 Å². The largest absolute Gasteiger partial charge is 0.492 e. The molecule has 1 aliphatic heterocycles. The van der Waals surface area contributed by atoms with E-state index in [0.29, 0.717) is 0 Å². The maximum atomic E-state index is 11.7. The Labute approximate surface area is 99.8 Å². The second-order valence-corrected chi connectivity index (χ2v) is 8.17. The molecule has 0 aromatic heterocycles. The molecule has 1 rings (SSSR count). The van der Waals surface area contributed by atoms with Crippen molar-refractivity contribution in [2.24, 2.45) is 0 Å². The van der Waals surface area contributed by atoms with Gasteiger partial charge in [0.05, 0.1) is 0 Å². The monoisotopic (exact) mass is 244 g/mol. The SMILES string of the molecule is CCCCCCC1O[Si](CC)(CC)OC1=O. The summed E-state index contributed by atoms with van der Waals surface area (Å²) in [5.41, 5.74) is 0. The summed E-state index contributed by atoms with van der Waals surface area (Å²) in [7, 11) is -2.12. The molecule has 94 valence electrons. The fraction of sp³-hybridized carbons (Fsp3) is 0.917. The fourth-order valence-electron chi connectivity index (χ4n) is 2.07. The molecular formula is C12H24O3Si. The molecule has 0 aliphatic carbocycles. The Bertz CT molecular complexity index is 226. The Balaban J connectivity index is 2.36. The van der Waals surface area contributed by atoms with Crippen LogP contribution in [0.1, 0.15) is 52.9 Å². The third-order valence-electron chi connectivity index (χ3n) is 3.30. The lowest BCUT2D eigenvalue weighted by molar-refractivity contribution is -0.136. The fourth-order valence-corrected chi connectivity index (χ4v) is 4.48. The highest BCUT2D eigenvalue weighted by atomic mass is 28.4. The van der Waals surface area contributed by atoms with Crippen LogP contribution in [0.5, 0.6) is 0 Å². The van der Waals surface area contributed by atoms with E-state index < -0.39 is 8.56 Å². The van der Waals surface area contributed by atoms with Crippen molar-refractivity contribution in [1.82, 2.24) is 0 Å². The lowest BCUT2D eigenvalue weighted by Crippen LogP contribution is -2.35. The minimum absolute atomic E-state index is 0.105. The van der Waals surface area contributed by atoms with E-state index in [4.69, 9.17) is 8.85 Å². The molecule has 0 spiro atoms. The first-order valence-electron chi connectivity index (χ1n) is 6.58. The molecule has 0 aromatic carbocycles. The van der Waals surface area contributed by atoms with Crippen LogP contribution in [0.3, 0.4) is 0 Å². The number of unbranched alkanes of at least 4 members (excludes halogenated alkanes) is 3. The molecular weight excluding hydrogens is 220 g/mol. The maximum absolute atomic E-state index is 11.7. The highest BCUT2D eigenvalue weighted by Crippen LogP contribution is 2.29. The van der Waals surface area contributed by atoms with E-state index >= 15 is 0 Å². The van der Waals surface area contributed by atoms with Gasteiger partial charge in [0.15, 0.2) is 0 Å². The van der Waals surface area contributed by atoms with Crippen LogP contribution in [0.2, 0.25) is 12.1 Å². The van der Waals surface area contributed by atoms with Gasteiger partial charge >= 0.3 is 14.5 Å². The normalized spacial score (nSPS) is 23.4. The zero-order valence-corrected chi connectivity index (χ0v) is 11.8. The van der Waals surface area contributed by atoms with Gasteiger partial charge < -0.3 is 8.85 Å². The van der Waals surface area contributed by atoms with E-state index in [1.807, 2.05) is 0 Å². The molecule has 0 amide bonds. The first-order valence-corrected chi connectivity index (χ1v) is 8.81. The molecule has 0 radical (unpaired) electrons. The number of hydrogen-bond acceptors (Lipinski definition) is 3. The summed E-state index contributed by atoms with van der Waals surface area (Å²) in [5, 5.41) is 0. The zero-order chi connectivity index (χ0) is 12.0. The van der Waals surface area contributed by atoms with Crippen LogP contribution in [0.15, 0.2) is 0 Å². The minimum atomic E-state index is -2.12. The van der Waals surface area contributed by atoms with E-state index in [9.17, 15) is 4.79 Å². The van der Waals surface area contributed by atoms with Gasteiger partial charge in [-0.15, -0.1) is 0 Å². The van der Waals surface area contributed by atoms with Gasteiger partial charge in [0, 0.05) is 0 Å². The Hall–Kier alpha value is -0.353. The second-order valence-electron chi connectivity index (χ2n) is 4.49. The van der Waals surface area contributed by atoms with Crippen LogP contribution in [0.25, 0.3) is 0 Å². The van der Waals surface area contributed by atoms with Gasteiger partial charge in [-0.1, -0.05) is 46.5 Å². The van der Waals surface area contributed by atoms with Crippen LogP contribution in [-0.4, -0.2) is 20.6 Å². The van der Waals surface area contributed by atoms with Crippen LogP contribution >= 0.6 is 0 Å². The Morgan fingerprint density at radius 3 is 2.31 bits per heavy atom. The van der Waals surface area contributed by atoms with Crippen LogP contribution in [-0.2, 0) is 13.6 Å². The van der Waals surface area contributed by atoms with Crippen molar-refractivity contribution >= 4 is 14.5 Å². The van der Waals surface area contributed by atoms with Gasteiger partial charge in [0.1, 0.15) is 6.10 Å². The number of rotatable bonds is 7. The first-order chi connectivity index (χ1) is 7.67. The van der Waals surface area contributed by atoms with Gasteiger partial charge in [-0.2, -0.15) is 0 Å². The third-order valence-corrected chi connectivity index (χ3v) is 6.75. The predicted octanol–water partition coefficient (Wildman–Crippen LogP) is 3.38. The quantitative estimate of drug-likeness (QED) is 0.509. The second kappa shape index (κ2) is 6.40. The van der Waals surface area contributed by atoms with Crippen LogP contribution in [0, 0.1) is 0 Å². The summed E-state index contributed by atoms with van der Waals surface area (Å²) in [6, 6.07) is 1.75. The Morgan fingerprint density at radius 1 is 1.12 bits per heavy atom. The standard InChI is InChI=1S/C12H24O3Si/c1-4-7-8-9-10-11-12(13)15-16(5-2,6-3)14-11/h11H,4-10H2,1-3H3. The molecule has 1 fully saturated rings. The molecule has 0 N–H and O–H groups in total. The van der Waals surface area contributed by atoms with E-state index in [1.54, 1.807) is 0 Å². The van der Waals surface area contributed by atoms with Gasteiger partial charge in [-0.05, 0) is 18.5 Å². The lowest BCUT2D eigenvalue weighted by atomic mass is 10.1. The Morgan fingerprint density at radius 2 is 1.81 bits per heavy atom. The van der Waals surface area contributed by atoms with E-state index in [-0.39, 0.29) is 12.1 Å². The highest BCUT2D eigenvalue weighted by molar-refractivity contribution is 6.70. The number of carbonyl (C=O) groups is 1. The number of hydrogen-bond donors (Lipinski definition) is 0. The molecule has 1 aliphatic rings. The smallest absolute Gasteiger partial charge is 0.401 e. The van der Waals surface area contributed by atoms with E-state index in [1.165, 1.54) is 19.3 Å². The molecule has 0 saturated carbocycles. The Kier molecular flexibility index (Phi) is 5.48. The molecule has 1 unspecified atom stereocenters. The van der Waals surface area contributed by atoms with Crippen molar-refractivity contribution in [3.8, 4) is 0 Å². The van der Waals surface area contributed by atoms with Crippen LogP contribution in [0.4, 0.5) is 0 Å². The molecule has 0 aromatic rings. The van der Waals surface area contributed by atoms with E-state index in [2.05, 4.69) is 20.8 Å². The van der Waals surface area contributed by atoms with Gasteiger partial charge in [0.25, 0.3) is 0 Å². The van der Waals surface area contributed by atoms with Crippen molar-refractivity contribution in [3.05, 3.63) is 0 Å². The summed E-state index contributed by atoms with van der Waals surface area (Å²) in [5.74, 6) is -0.105. The molecule has 16 heavy (non-hydrogen) atoms. The first kappa shape index (κ1) is 13.7.